The maximum Gasteiger partial charge on any atom is 0.209 e. The minimum absolute atomic E-state index is 0.803. The number of carbonyl (C=O) groups excluding carboxylic acids is 1. The molecule has 1 fully saturated rings. The zero-order valence-corrected chi connectivity index (χ0v) is 8.89. The van der Waals surface area contributed by atoms with Crippen LogP contribution in [0.4, 0.5) is 5.69 Å². The van der Waals surface area contributed by atoms with Gasteiger partial charge in [0.25, 0.3) is 0 Å². The Bertz CT molecular complexity index is 345. The lowest BCUT2D eigenvalue weighted by Gasteiger charge is -2.33. The largest absolute Gasteiger partial charge is 0.367 e. The van der Waals surface area contributed by atoms with Gasteiger partial charge >= 0.3 is 0 Å². The number of rotatable bonds is 2. The van der Waals surface area contributed by atoms with E-state index in [9.17, 15) is 4.79 Å². The van der Waals surface area contributed by atoms with Gasteiger partial charge in [0, 0.05) is 32.4 Å². The molecule has 15 heavy (non-hydrogen) atoms. The summed E-state index contributed by atoms with van der Waals surface area (Å²) in [4.78, 5) is 18.8. The van der Waals surface area contributed by atoms with Gasteiger partial charge in [-0.05, 0) is 18.6 Å². The lowest BCUT2D eigenvalue weighted by Crippen LogP contribution is -2.45. The smallest absolute Gasteiger partial charge is 0.209 e. The average Bonchev–Trinajstić information content (AvgIpc) is 2.29. The van der Waals surface area contributed by atoms with Gasteiger partial charge in [-0.25, -0.2) is 0 Å². The molecule has 2 heterocycles. The number of pyridine rings is 1. The highest BCUT2D eigenvalue weighted by atomic mass is 16.1. The molecule has 0 radical (unpaired) electrons. The van der Waals surface area contributed by atoms with Crippen LogP contribution in [0.3, 0.4) is 0 Å². The number of aromatic nitrogens is 1. The maximum absolute atomic E-state index is 10.6. The molecule has 0 N–H and O–H groups in total. The van der Waals surface area contributed by atoms with Gasteiger partial charge in [-0.15, -0.1) is 0 Å². The molecular formula is C11H15N3O. The second-order valence-corrected chi connectivity index (χ2v) is 3.85. The summed E-state index contributed by atoms with van der Waals surface area (Å²) in [6.07, 6.45) is 4.65. The fraction of sp³-hybridized carbons (Fsp3) is 0.455. The molecule has 0 saturated carbocycles. The van der Waals surface area contributed by atoms with E-state index in [0.717, 1.165) is 38.3 Å². The summed E-state index contributed by atoms with van der Waals surface area (Å²) in [7, 11) is 0. The highest BCUT2D eigenvalue weighted by molar-refractivity contribution is 5.50. The fourth-order valence-electron chi connectivity index (χ4n) is 1.80. The summed E-state index contributed by atoms with van der Waals surface area (Å²) in [5, 5.41) is 0. The molecule has 4 nitrogen and oxygen atoms in total. The van der Waals surface area contributed by atoms with E-state index in [0.29, 0.717) is 0 Å². The van der Waals surface area contributed by atoms with E-state index < -0.39 is 0 Å². The van der Waals surface area contributed by atoms with Crippen LogP contribution in [-0.4, -0.2) is 42.5 Å². The topological polar surface area (TPSA) is 36.4 Å². The van der Waals surface area contributed by atoms with Gasteiger partial charge in [-0.3, -0.25) is 9.78 Å². The lowest BCUT2D eigenvalue weighted by molar-refractivity contribution is -0.118. The standard InChI is InChI=1S/C11H15N3O/c1-10-6-11(8-12-7-10)14-4-2-13(9-15)3-5-14/h6-9H,2-5H2,1H3. The van der Waals surface area contributed by atoms with Crippen molar-refractivity contribution in [1.29, 1.82) is 0 Å². The van der Waals surface area contributed by atoms with Crippen LogP contribution in [0.5, 0.6) is 0 Å². The minimum atomic E-state index is 0.803. The van der Waals surface area contributed by atoms with E-state index in [1.807, 2.05) is 19.3 Å². The van der Waals surface area contributed by atoms with Gasteiger partial charge in [0.2, 0.25) is 6.41 Å². The molecule has 0 atom stereocenters. The van der Waals surface area contributed by atoms with Crippen molar-refractivity contribution < 1.29 is 4.79 Å². The van der Waals surface area contributed by atoms with Crippen LogP contribution in [0.1, 0.15) is 5.56 Å². The number of hydrogen-bond acceptors (Lipinski definition) is 3. The number of amides is 1. The molecule has 0 bridgehead atoms. The zero-order chi connectivity index (χ0) is 10.7. The molecule has 1 aromatic heterocycles. The van der Waals surface area contributed by atoms with Crippen molar-refractivity contribution in [3.63, 3.8) is 0 Å². The number of anilines is 1. The Morgan fingerprint density at radius 3 is 2.60 bits per heavy atom. The maximum atomic E-state index is 10.6. The van der Waals surface area contributed by atoms with Gasteiger partial charge in [0.05, 0.1) is 11.9 Å². The summed E-state index contributed by atoms with van der Waals surface area (Å²) in [6, 6.07) is 2.13. The van der Waals surface area contributed by atoms with Crippen LogP contribution in [0.2, 0.25) is 0 Å². The molecule has 1 aliphatic heterocycles. The molecule has 0 unspecified atom stereocenters. The van der Waals surface area contributed by atoms with Crippen LogP contribution >= 0.6 is 0 Å². The summed E-state index contributed by atoms with van der Waals surface area (Å²) < 4.78 is 0. The van der Waals surface area contributed by atoms with Crippen molar-refractivity contribution in [2.45, 2.75) is 6.92 Å². The summed E-state index contributed by atoms with van der Waals surface area (Å²) in [6.45, 7) is 5.43. The van der Waals surface area contributed by atoms with E-state index in [1.54, 1.807) is 4.90 Å². The quantitative estimate of drug-likeness (QED) is 0.666. The Morgan fingerprint density at radius 2 is 2.00 bits per heavy atom. The van der Waals surface area contributed by atoms with Gasteiger partial charge in [0.1, 0.15) is 0 Å². The van der Waals surface area contributed by atoms with Crippen LogP contribution in [0.25, 0.3) is 0 Å². The number of piperazine rings is 1. The van der Waals surface area contributed by atoms with E-state index >= 15 is 0 Å². The second-order valence-electron chi connectivity index (χ2n) is 3.85. The molecule has 0 aromatic carbocycles. The average molecular weight is 205 g/mol. The molecule has 1 aromatic rings. The molecular weight excluding hydrogens is 190 g/mol. The van der Waals surface area contributed by atoms with Gasteiger partial charge in [-0.1, -0.05) is 0 Å². The van der Waals surface area contributed by atoms with Gasteiger partial charge < -0.3 is 9.80 Å². The van der Waals surface area contributed by atoms with Crippen molar-refractivity contribution in [2.24, 2.45) is 0 Å². The van der Waals surface area contributed by atoms with Crippen molar-refractivity contribution in [3.05, 3.63) is 24.0 Å². The predicted molar refractivity (Wildman–Crippen MR) is 58.8 cm³/mol. The summed E-state index contributed by atoms with van der Waals surface area (Å²) in [5.74, 6) is 0. The minimum Gasteiger partial charge on any atom is -0.367 e. The molecule has 80 valence electrons. The number of nitrogens with zero attached hydrogens (tertiary/aromatic N) is 3. The van der Waals surface area contributed by atoms with Crippen LogP contribution < -0.4 is 4.90 Å². The first kappa shape index (κ1) is 9.96. The summed E-state index contributed by atoms with van der Waals surface area (Å²) in [5.41, 5.74) is 2.32. The Labute approximate surface area is 89.5 Å². The SMILES string of the molecule is Cc1cncc(N2CCN(C=O)CC2)c1. The van der Waals surface area contributed by atoms with Crippen molar-refractivity contribution in [2.75, 3.05) is 31.1 Å². The fourth-order valence-corrected chi connectivity index (χ4v) is 1.80. The van der Waals surface area contributed by atoms with Crippen LogP contribution in [0, 0.1) is 6.92 Å². The lowest BCUT2D eigenvalue weighted by atomic mass is 10.2. The monoisotopic (exact) mass is 205 g/mol. The van der Waals surface area contributed by atoms with E-state index in [2.05, 4.69) is 16.0 Å². The van der Waals surface area contributed by atoms with Crippen molar-refractivity contribution in [1.82, 2.24) is 9.88 Å². The van der Waals surface area contributed by atoms with Crippen molar-refractivity contribution >= 4 is 12.1 Å². The zero-order valence-electron chi connectivity index (χ0n) is 8.89. The number of hydrogen-bond donors (Lipinski definition) is 0. The van der Waals surface area contributed by atoms with E-state index in [-0.39, 0.29) is 0 Å². The third-order valence-corrected chi connectivity index (χ3v) is 2.69. The predicted octanol–water partition coefficient (Wildman–Crippen LogP) is 0.668. The number of aryl methyl sites for hydroxylation is 1. The molecule has 1 amide bonds. The molecule has 4 heteroatoms. The molecule has 1 aliphatic rings. The second kappa shape index (κ2) is 4.29. The van der Waals surface area contributed by atoms with Crippen LogP contribution in [-0.2, 0) is 4.79 Å². The van der Waals surface area contributed by atoms with Crippen molar-refractivity contribution in [3.8, 4) is 0 Å². The van der Waals surface area contributed by atoms with Gasteiger partial charge in [0.15, 0.2) is 0 Å². The van der Waals surface area contributed by atoms with E-state index in [4.69, 9.17) is 0 Å². The first-order valence-corrected chi connectivity index (χ1v) is 5.15. The normalized spacial score (nSPS) is 16.6. The first-order chi connectivity index (χ1) is 7.29. The third-order valence-electron chi connectivity index (χ3n) is 2.69. The van der Waals surface area contributed by atoms with Crippen LogP contribution in [0.15, 0.2) is 18.5 Å². The third kappa shape index (κ3) is 2.26. The highest BCUT2D eigenvalue weighted by Gasteiger charge is 2.15. The molecule has 1 saturated heterocycles. The summed E-state index contributed by atoms with van der Waals surface area (Å²) >= 11 is 0. The molecule has 2 rings (SSSR count). The Morgan fingerprint density at radius 1 is 1.27 bits per heavy atom. The first-order valence-electron chi connectivity index (χ1n) is 5.15. The Kier molecular flexibility index (Phi) is 2.85. The highest BCUT2D eigenvalue weighted by Crippen LogP contribution is 2.15. The van der Waals surface area contributed by atoms with E-state index in [1.165, 1.54) is 5.56 Å². The number of carbonyl (C=O) groups is 1. The Balaban J connectivity index is 2.04. The molecule has 0 aliphatic carbocycles. The van der Waals surface area contributed by atoms with Gasteiger partial charge in [-0.2, -0.15) is 0 Å². The molecule has 0 spiro atoms. The Hall–Kier alpha value is -1.58.